The summed E-state index contributed by atoms with van der Waals surface area (Å²) in [5.74, 6) is 1.23. The molecule has 0 spiro atoms. The van der Waals surface area contributed by atoms with E-state index in [1.54, 1.807) is 15.0 Å². The predicted octanol–water partition coefficient (Wildman–Crippen LogP) is -0.0403. The Morgan fingerprint density at radius 3 is 2.39 bits per heavy atom. The van der Waals surface area contributed by atoms with Crippen molar-refractivity contribution < 1.29 is 45.2 Å². The summed E-state index contributed by atoms with van der Waals surface area (Å²) >= 11 is 4.47. The van der Waals surface area contributed by atoms with Crippen LogP contribution in [-0.2, 0) is 20.4 Å². The Morgan fingerprint density at radius 2 is 1.91 bits per heavy atom. The normalized spacial score (nSPS) is 24.0. The predicted molar refractivity (Wildman–Crippen MR) is 92.2 cm³/mol. The van der Waals surface area contributed by atoms with Crippen LogP contribution in [0, 0.1) is 5.41 Å². The molecule has 0 fully saturated rings. The van der Waals surface area contributed by atoms with E-state index in [4.69, 9.17) is 0 Å². The van der Waals surface area contributed by atoms with Gasteiger partial charge in [-0.3, -0.25) is 0 Å². The summed E-state index contributed by atoms with van der Waals surface area (Å²) in [6.07, 6.45) is 13.1. The van der Waals surface area contributed by atoms with Crippen LogP contribution in [0.3, 0.4) is 0 Å². The van der Waals surface area contributed by atoms with Crippen LogP contribution in [0.5, 0.6) is 0 Å². The van der Waals surface area contributed by atoms with E-state index in [2.05, 4.69) is 91.1 Å². The van der Waals surface area contributed by atoms with Gasteiger partial charge < -0.3 is 24.8 Å². The zero-order valence-electron chi connectivity index (χ0n) is 14.8. The summed E-state index contributed by atoms with van der Waals surface area (Å²) in [7, 11) is 0. The van der Waals surface area contributed by atoms with Gasteiger partial charge in [0.1, 0.15) is 0 Å². The first-order chi connectivity index (χ1) is 9.85. The molecule has 0 saturated heterocycles. The van der Waals surface area contributed by atoms with Gasteiger partial charge in [-0.05, 0) is 0 Å². The second kappa shape index (κ2) is 9.34. The molecule has 23 heavy (non-hydrogen) atoms. The number of hydrogen-bond acceptors (Lipinski definition) is 1. The summed E-state index contributed by atoms with van der Waals surface area (Å²) in [5.41, 5.74) is 4.70. The van der Waals surface area contributed by atoms with Crippen molar-refractivity contribution in [2.75, 3.05) is 5.75 Å². The molecule has 2 rings (SSSR count). The molecule has 0 aromatic heterocycles. The summed E-state index contributed by atoms with van der Waals surface area (Å²) in [6.45, 7) is 11.8. The molecule has 0 saturated carbocycles. The average molecular weight is 406 g/mol. The molecule has 1 unspecified atom stereocenters. The van der Waals surface area contributed by atoms with E-state index in [0.717, 1.165) is 12.8 Å². The third kappa shape index (κ3) is 4.42. The molecule has 0 radical (unpaired) electrons. The Kier molecular flexibility index (Phi) is 9.59. The molecular formula is C19H27Cl2STi. The molecule has 0 heterocycles. The third-order valence-corrected chi connectivity index (χ3v) is 7.80. The van der Waals surface area contributed by atoms with E-state index in [0.29, 0.717) is 0 Å². The summed E-state index contributed by atoms with van der Waals surface area (Å²) in [4.78, 5) is 0. The van der Waals surface area contributed by atoms with Gasteiger partial charge in [-0.2, -0.15) is 0 Å². The van der Waals surface area contributed by atoms with Crippen molar-refractivity contribution >= 4 is 11.8 Å². The van der Waals surface area contributed by atoms with E-state index in [1.807, 2.05) is 0 Å². The SMILES string of the molecule is CCCSC1(C(C)(C)C2=[C]([Ti+2])CC=C2)CC=C(C)C=C1C.[Cl-].[Cl-]. The second-order valence-electron chi connectivity index (χ2n) is 6.78. The van der Waals surface area contributed by atoms with Crippen molar-refractivity contribution in [3.63, 3.8) is 0 Å². The summed E-state index contributed by atoms with van der Waals surface area (Å²) in [5, 5.41) is 0. The van der Waals surface area contributed by atoms with Crippen LogP contribution in [0.2, 0.25) is 0 Å². The van der Waals surface area contributed by atoms with Gasteiger partial charge in [0.25, 0.3) is 0 Å². The number of allylic oxidation sites excluding steroid dienone is 7. The van der Waals surface area contributed by atoms with Gasteiger partial charge in [0.15, 0.2) is 0 Å². The summed E-state index contributed by atoms with van der Waals surface area (Å²) in [6, 6.07) is 0. The van der Waals surface area contributed by atoms with Gasteiger partial charge in [-0.1, -0.05) is 0 Å². The molecule has 0 aromatic rings. The quantitative estimate of drug-likeness (QED) is 0.578. The Labute approximate surface area is 170 Å². The zero-order valence-corrected chi connectivity index (χ0v) is 18.7. The Hall–Kier alpha value is 0.604. The first-order valence-electron chi connectivity index (χ1n) is 7.96. The summed E-state index contributed by atoms with van der Waals surface area (Å²) < 4.78 is 1.75. The molecule has 0 amide bonds. The van der Waals surface area contributed by atoms with Crippen LogP contribution in [-0.4, -0.2) is 10.5 Å². The van der Waals surface area contributed by atoms with E-state index < -0.39 is 0 Å². The molecule has 4 heteroatoms. The van der Waals surface area contributed by atoms with Crippen LogP contribution < -0.4 is 24.8 Å². The first kappa shape index (κ1) is 23.6. The van der Waals surface area contributed by atoms with Gasteiger partial charge in [-0.25, -0.2) is 0 Å². The fourth-order valence-electron chi connectivity index (χ4n) is 3.67. The molecule has 0 nitrogen and oxygen atoms in total. The number of halogens is 2. The smallest absolute Gasteiger partial charge is 1.00 e. The minimum Gasteiger partial charge on any atom is -1.00 e. The Bertz CT molecular complexity index is 544. The van der Waals surface area contributed by atoms with E-state index in [9.17, 15) is 0 Å². The number of thioether (sulfide) groups is 1. The van der Waals surface area contributed by atoms with Crippen molar-refractivity contribution in [1.82, 2.24) is 0 Å². The van der Waals surface area contributed by atoms with Crippen molar-refractivity contribution in [1.29, 1.82) is 0 Å². The molecule has 0 bridgehead atoms. The van der Waals surface area contributed by atoms with Gasteiger partial charge in [0.2, 0.25) is 0 Å². The minimum atomic E-state index is 0. The Balaban J connectivity index is 0.00000242. The average Bonchev–Trinajstić information content (AvgIpc) is 2.85. The van der Waals surface area contributed by atoms with Crippen LogP contribution in [0.15, 0.2) is 44.9 Å². The largest absolute Gasteiger partial charge is 1.00 e. The van der Waals surface area contributed by atoms with Crippen LogP contribution >= 0.6 is 11.8 Å². The maximum Gasteiger partial charge on any atom is -1.00 e. The Morgan fingerprint density at radius 1 is 1.26 bits per heavy atom. The molecule has 0 aromatic carbocycles. The van der Waals surface area contributed by atoms with Crippen molar-refractivity contribution in [3.05, 3.63) is 44.9 Å². The molecule has 0 N–H and O–H groups in total. The van der Waals surface area contributed by atoms with Crippen molar-refractivity contribution in [3.8, 4) is 0 Å². The maximum absolute atomic E-state index is 2.45. The minimum absolute atomic E-state index is 0. The molecular weight excluding hydrogens is 379 g/mol. The van der Waals surface area contributed by atoms with E-state index in [1.165, 1.54) is 17.7 Å². The molecule has 2 aliphatic rings. The van der Waals surface area contributed by atoms with Gasteiger partial charge in [0, 0.05) is 0 Å². The van der Waals surface area contributed by atoms with E-state index in [-0.39, 0.29) is 35.0 Å². The van der Waals surface area contributed by atoms with Gasteiger partial charge >= 0.3 is 147 Å². The molecule has 2 aliphatic carbocycles. The van der Waals surface area contributed by atoms with E-state index >= 15 is 0 Å². The van der Waals surface area contributed by atoms with Gasteiger partial charge in [0.05, 0.1) is 0 Å². The van der Waals surface area contributed by atoms with Crippen molar-refractivity contribution in [2.24, 2.45) is 5.41 Å². The number of rotatable bonds is 5. The molecule has 127 valence electrons. The van der Waals surface area contributed by atoms with Crippen LogP contribution in [0.4, 0.5) is 0 Å². The third-order valence-electron chi connectivity index (χ3n) is 4.96. The topological polar surface area (TPSA) is 0 Å². The van der Waals surface area contributed by atoms with Crippen LogP contribution in [0.1, 0.15) is 53.9 Å². The molecule has 0 aliphatic heterocycles. The van der Waals surface area contributed by atoms with Crippen molar-refractivity contribution in [2.45, 2.75) is 58.6 Å². The zero-order chi connectivity index (χ0) is 15.7. The maximum atomic E-state index is 2.45. The fraction of sp³-hybridized carbons (Fsp3) is 0.579. The second-order valence-corrected chi connectivity index (χ2v) is 9.12. The molecule has 1 atom stereocenters. The standard InChI is InChI=1S/C19H27S.2ClH.Ti/c1-6-13-20-19(12-11-15(2)14-16(19)3)18(4,5)17-9-7-8-10-17;;;/h7,9,11,14H,6,8,12-13H2,1-5H3;2*1H;/q;;;+2/p-2. The number of hydrogen-bond donors (Lipinski definition) is 0. The monoisotopic (exact) mass is 405 g/mol. The van der Waals surface area contributed by atoms with Crippen LogP contribution in [0.25, 0.3) is 0 Å². The fourth-order valence-corrected chi connectivity index (χ4v) is 5.98. The van der Waals surface area contributed by atoms with Gasteiger partial charge in [-0.15, -0.1) is 0 Å². The first-order valence-corrected chi connectivity index (χ1v) is 9.73.